The Morgan fingerprint density at radius 3 is 2.72 bits per heavy atom. The molecule has 0 spiro atoms. The number of imidazole rings is 1. The van der Waals surface area contributed by atoms with Crippen molar-refractivity contribution >= 4 is 0 Å². The van der Waals surface area contributed by atoms with Gasteiger partial charge in [-0.2, -0.15) is 0 Å². The fourth-order valence-electron chi connectivity index (χ4n) is 3.50. The zero-order valence-corrected chi connectivity index (χ0v) is 14.3. The van der Waals surface area contributed by atoms with E-state index in [2.05, 4.69) is 26.4 Å². The predicted octanol–water partition coefficient (Wildman–Crippen LogP) is 3.52. The van der Waals surface area contributed by atoms with Crippen LogP contribution >= 0.6 is 0 Å². The molecule has 4 nitrogen and oxygen atoms in total. The maximum atomic E-state index is 13.3. The molecule has 0 saturated carbocycles. The Balaban J connectivity index is 1.39. The average molecular weight is 336 g/mol. The highest BCUT2D eigenvalue weighted by atomic mass is 19.1. The Hall–Kier alpha value is -2.53. The molecule has 0 atom stereocenters. The van der Waals surface area contributed by atoms with Crippen LogP contribution in [0, 0.1) is 18.7 Å². The zero-order chi connectivity index (χ0) is 17.2. The van der Waals surface area contributed by atoms with Crippen LogP contribution in [0.1, 0.15) is 11.3 Å². The number of aryl methyl sites for hydroxylation is 1. The van der Waals surface area contributed by atoms with Crippen LogP contribution in [-0.2, 0) is 13.1 Å². The van der Waals surface area contributed by atoms with E-state index in [9.17, 15) is 4.39 Å². The number of likely N-dealkylation sites (tertiary alicyclic amines) is 1. The van der Waals surface area contributed by atoms with E-state index in [1.807, 2.05) is 24.4 Å². The van der Waals surface area contributed by atoms with Crippen LogP contribution in [0.2, 0.25) is 0 Å². The Labute approximate surface area is 147 Å². The van der Waals surface area contributed by atoms with E-state index >= 15 is 0 Å². The second-order valence-corrected chi connectivity index (χ2v) is 6.76. The van der Waals surface area contributed by atoms with Gasteiger partial charge in [-0.25, -0.2) is 9.37 Å². The lowest BCUT2D eigenvalue weighted by molar-refractivity contribution is 0.0802. The van der Waals surface area contributed by atoms with Crippen LogP contribution in [0.3, 0.4) is 0 Å². The van der Waals surface area contributed by atoms with E-state index in [-0.39, 0.29) is 5.82 Å². The summed E-state index contributed by atoms with van der Waals surface area (Å²) in [5.41, 5.74) is 3.31. The molecule has 0 radical (unpaired) electrons. The molecule has 2 aromatic heterocycles. The molecule has 1 aliphatic heterocycles. The quantitative estimate of drug-likeness (QED) is 0.715. The number of benzene rings is 1. The van der Waals surface area contributed by atoms with Gasteiger partial charge in [0.15, 0.2) is 0 Å². The first-order valence-corrected chi connectivity index (χ1v) is 8.58. The van der Waals surface area contributed by atoms with Crippen molar-refractivity contribution in [2.75, 3.05) is 13.1 Å². The van der Waals surface area contributed by atoms with Gasteiger partial charge in [-0.1, -0.05) is 12.1 Å². The molecule has 0 aliphatic carbocycles. The van der Waals surface area contributed by atoms with Gasteiger partial charge in [0.05, 0.1) is 0 Å². The molecule has 1 saturated heterocycles. The van der Waals surface area contributed by atoms with Gasteiger partial charge in [-0.15, -0.1) is 0 Å². The second kappa shape index (κ2) is 6.76. The van der Waals surface area contributed by atoms with Crippen molar-refractivity contribution in [3.05, 3.63) is 72.1 Å². The van der Waals surface area contributed by atoms with Gasteiger partial charge in [-0.3, -0.25) is 9.88 Å². The minimum atomic E-state index is -0.161. The van der Waals surface area contributed by atoms with Gasteiger partial charge >= 0.3 is 0 Å². The number of rotatable bonds is 5. The summed E-state index contributed by atoms with van der Waals surface area (Å²) in [7, 11) is 0. The molecule has 4 rings (SSSR count). The Morgan fingerprint density at radius 2 is 1.96 bits per heavy atom. The Kier molecular flexibility index (Phi) is 4.32. The van der Waals surface area contributed by atoms with Gasteiger partial charge in [0.2, 0.25) is 0 Å². The summed E-state index contributed by atoms with van der Waals surface area (Å²) in [5, 5.41) is 0. The largest absolute Gasteiger partial charge is 0.328 e. The first-order chi connectivity index (χ1) is 12.2. The molecule has 0 N–H and O–H groups in total. The molecule has 3 aromatic rings. The van der Waals surface area contributed by atoms with Gasteiger partial charge in [0, 0.05) is 61.9 Å². The summed E-state index contributed by atoms with van der Waals surface area (Å²) in [5.74, 6) is 1.44. The van der Waals surface area contributed by atoms with Crippen molar-refractivity contribution in [2.45, 2.75) is 20.0 Å². The molecule has 0 amide bonds. The summed E-state index contributed by atoms with van der Waals surface area (Å²) in [6, 6.07) is 10.9. The highest BCUT2D eigenvalue weighted by Crippen LogP contribution is 2.25. The predicted molar refractivity (Wildman–Crippen MR) is 95.4 cm³/mol. The molecule has 25 heavy (non-hydrogen) atoms. The van der Waals surface area contributed by atoms with Crippen LogP contribution in [0.15, 0.2) is 55.0 Å². The van der Waals surface area contributed by atoms with Gasteiger partial charge in [-0.05, 0) is 36.8 Å². The smallest absolute Gasteiger partial charge is 0.140 e. The van der Waals surface area contributed by atoms with Crippen LogP contribution in [0.25, 0.3) is 11.4 Å². The first kappa shape index (κ1) is 16.0. The zero-order valence-electron chi connectivity index (χ0n) is 14.3. The number of hydrogen-bond acceptors (Lipinski definition) is 3. The summed E-state index contributed by atoms with van der Waals surface area (Å²) in [6.45, 7) is 5.94. The number of pyridine rings is 1. The van der Waals surface area contributed by atoms with Crippen molar-refractivity contribution in [1.82, 2.24) is 19.4 Å². The van der Waals surface area contributed by atoms with E-state index in [0.717, 1.165) is 43.1 Å². The van der Waals surface area contributed by atoms with Gasteiger partial charge in [0.25, 0.3) is 0 Å². The standard InChI is InChI=1S/C20H21FN4/c1-15-10-23-20(18-5-7-22-8-6-18)25(15)14-17-12-24(13-17)11-16-3-2-4-19(21)9-16/h2-10,17H,11-14H2,1H3. The number of nitrogens with zero attached hydrogens (tertiary/aromatic N) is 4. The molecule has 1 aromatic carbocycles. The van der Waals surface area contributed by atoms with Crippen molar-refractivity contribution < 1.29 is 4.39 Å². The third-order valence-electron chi connectivity index (χ3n) is 4.76. The third kappa shape index (κ3) is 3.46. The lowest BCUT2D eigenvalue weighted by Gasteiger charge is -2.40. The number of aromatic nitrogens is 3. The fraction of sp³-hybridized carbons (Fsp3) is 0.300. The minimum absolute atomic E-state index is 0.161. The van der Waals surface area contributed by atoms with Crippen molar-refractivity contribution in [1.29, 1.82) is 0 Å². The molecule has 128 valence electrons. The first-order valence-electron chi connectivity index (χ1n) is 8.58. The summed E-state index contributed by atoms with van der Waals surface area (Å²) >= 11 is 0. The number of halogens is 1. The molecule has 5 heteroatoms. The van der Waals surface area contributed by atoms with Crippen LogP contribution in [0.5, 0.6) is 0 Å². The van der Waals surface area contributed by atoms with Crippen molar-refractivity contribution in [3.8, 4) is 11.4 Å². The van der Waals surface area contributed by atoms with Crippen LogP contribution in [-0.4, -0.2) is 32.5 Å². The molecule has 1 aliphatic rings. The topological polar surface area (TPSA) is 34.0 Å². The average Bonchev–Trinajstić information content (AvgIpc) is 2.94. The SMILES string of the molecule is Cc1cnc(-c2ccncc2)n1CC1CN(Cc2cccc(F)c2)C1. The lowest BCUT2D eigenvalue weighted by Crippen LogP contribution is -2.47. The summed E-state index contributed by atoms with van der Waals surface area (Å²) < 4.78 is 15.6. The van der Waals surface area contributed by atoms with Crippen LogP contribution < -0.4 is 0 Å². The lowest BCUT2D eigenvalue weighted by atomic mass is 9.98. The van der Waals surface area contributed by atoms with Gasteiger partial charge < -0.3 is 4.57 Å². The maximum Gasteiger partial charge on any atom is 0.140 e. The highest BCUT2D eigenvalue weighted by molar-refractivity contribution is 5.55. The molecule has 3 heterocycles. The van der Waals surface area contributed by atoms with Gasteiger partial charge in [0.1, 0.15) is 11.6 Å². The molecular weight excluding hydrogens is 315 g/mol. The third-order valence-corrected chi connectivity index (χ3v) is 4.76. The molecule has 0 unspecified atom stereocenters. The summed E-state index contributed by atoms with van der Waals surface area (Å²) in [6.07, 6.45) is 5.53. The molecular formula is C20H21FN4. The number of hydrogen-bond donors (Lipinski definition) is 0. The van der Waals surface area contributed by atoms with Crippen molar-refractivity contribution in [2.24, 2.45) is 5.92 Å². The monoisotopic (exact) mass is 336 g/mol. The fourth-order valence-corrected chi connectivity index (χ4v) is 3.50. The van der Waals surface area contributed by atoms with E-state index < -0.39 is 0 Å². The summed E-state index contributed by atoms with van der Waals surface area (Å²) in [4.78, 5) is 11.0. The Morgan fingerprint density at radius 1 is 1.16 bits per heavy atom. The minimum Gasteiger partial charge on any atom is -0.328 e. The normalized spacial score (nSPS) is 15.3. The van der Waals surface area contributed by atoms with E-state index in [0.29, 0.717) is 5.92 Å². The molecule has 0 bridgehead atoms. The molecule has 1 fully saturated rings. The highest BCUT2D eigenvalue weighted by Gasteiger charge is 2.28. The maximum absolute atomic E-state index is 13.3. The van der Waals surface area contributed by atoms with E-state index in [1.165, 1.54) is 11.8 Å². The van der Waals surface area contributed by atoms with E-state index in [1.54, 1.807) is 24.5 Å². The Bertz CT molecular complexity index is 853. The van der Waals surface area contributed by atoms with E-state index in [4.69, 9.17) is 0 Å². The van der Waals surface area contributed by atoms with Crippen LogP contribution in [0.4, 0.5) is 4.39 Å². The second-order valence-electron chi connectivity index (χ2n) is 6.76. The van der Waals surface area contributed by atoms with Crippen molar-refractivity contribution in [3.63, 3.8) is 0 Å².